The van der Waals surface area contributed by atoms with Crippen molar-refractivity contribution in [1.82, 2.24) is 15.1 Å². The van der Waals surface area contributed by atoms with E-state index in [1.54, 1.807) is 0 Å². The molecule has 3 heteroatoms. The Kier molecular flexibility index (Phi) is 6.74. The van der Waals surface area contributed by atoms with Crippen LogP contribution in [-0.4, -0.2) is 16.3 Å². The van der Waals surface area contributed by atoms with Crippen LogP contribution in [0.5, 0.6) is 0 Å². The minimum atomic E-state index is 0.365. The van der Waals surface area contributed by atoms with Gasteiger partial charge in [0.25, 0.3) is 0 Å². The fourth-order valence-electron chi connectivity index (χ4n) is 2.49. The van der Waals surface area contributed by atoms with Crippen LogP contribution in [0.1, 0.15) is 71.3 Å². The lowest BCUT2D eigenvalue weighted by molar-refractivity contribution is 0.337. The Balaban J connectivity index is 2.89. The van der Waals surface area contributed by atoms with Gasteiger partial charge in [-0.2, -0.15) is 5.10 Å². The molecule has 1 aromatic heterocycles. The van der Waals surface area contributed by atoms with E-state index in [1.165, 1.54) is 29.8 Å². The maximum atomic E-state index is 4.86. The number of hydrogen-bond donors (Lipinski definition) is 1. The van der Waals surface area contributed by atoms with Crippen molar-refractivity contribution in [1.29, 1.82) is 0 Å². The van der Waals surface area contributed by atoms with Crippen LogP contribution in [0.3, 0.4) is 0 Å². The highest BCUT2D eigenvalue weighted by atomic mass is 15.3. The fraction of sp³-hybridized carbons (Fsp3) is 0.824. The molecule has 116 valence electrons. The molecule has 0 bridgehead atoms. The molecule has 0 aliphatic rings. The minimum absolute atomic E-state index is 0.365. The zero-order valence-electron chi connectivity index (χ0n) is 14.3. The predicted molar refractivity (Wildman–Crippen MR) is 87.1 cm³/mol. The lowest BCUT2D eigenvalue weighted by Crippen LogP contribution is -2.16. The van der Waals surface area contributed by atoms with Crippen LogP contribution in [0.15, 0.2) is 0 Å². The minimum Gasteiger partial charge on any atom is -0.313 e. The van der Waals surface area contributed by atoms with E-state index < -0.39 is 0 Å². The number of aromatic nitrogens is 2. The van der Waals surface area contributed by atoms with Gasteiger partial charge in [0, 0.05) is 24.3 Å². The highest BCUT2D eigenvalue weighted by Crippen LogP contribution is 2.22. The van der Waals surface area contributed by atoms with Gasteiger partial charge < -0.3 is 5.32 Å². The Labute approximate surface area is 125 Å². The van der Waals surface area contributed by atoms with Crippen LogP contribution >= 0.6 is 0 Å². The first-order valence-corrected chi connectivity index (χ1v) is 8.21. The standard InChI is InChI=1S/C17H33N3/c1-7-11-18-13-14-15(8-2)19-20(16(14)9-3)12-10-17(4,5)6/h18H,7-13H2,1-6H3. The molecule has 0 saturated carbocycles. The second-order valence-electron chi connectivity index (χ2n) is 6.79. The molecule has 0 fully saturated rings. The molecule has 0 atom stereocenters. The van der Waals surface area contributed by atoms with E-state index in [-0.39, 0.29) is 0 Å². The van der Waals surface area contributed by atoms with E-state index in [0.717, 1.165) is 32.5 Å². The summed E-state index contributed by atoms with van der Waals surface area (Å²) in [5, 5.41) is 8.39. The van der Waals surface area contributed by atoms with Crippen LogP contribution in [0.25, 0.3) is 0 Å². The molecule has 20 heavy (non-hydrogen) atoms. The number of hydrogen-bond acceptors (Lipinski definition) is 2. The maximum Gasteiger partial charge on any atom is 0.0669 e. The summed E-state index contributed by atoms with van der Waals surface area (Å²) in [6, 6.07) is 0. The van der Waals surface area contributed by atoms with Crippen LogP contribution < -0.4 is 5.32 Å². The SMILES string of the molecule is CCCNCc1c(CC)nn(CCC(C)(C)C)c1CC. The lowest BCUT2D eigenvalue weighted by atomic mass is 9.92. The van der Waals surface area contributed by atoms with Crippen molar-refractivity contribution >= 4 is 0 Å². The largest absolute Gasteiger partial charge is 0.313 e. The summed E-state index contributed by atoms with van der Waals surface area (Å²) in [7, 11) is 0. The molecule has 0 aliphatic carbocycles. The van der Waals surface area contributed by atoms with Gasteiger partial charge in [0.1, 0.15) is 0 Å². The molecule has 0 unspecified atom stereocenters. The van der Waals surface area contributed by atoms with Crippen molar-refractivity contribution < 1.29 is 0 Å². The van der Waals surface area contributed by atoms with E-state index in [0.29, 0.717) is 5.41 Å². The highest BCUT2D eigenvalue weighted by molar-refractivity contribution is 5.26. The van der Waals surface area contributed by atoms with Gasteiger partial charge in [0.05, 0.1) is 5.69 Å². The monoisotopic (exact) mass is 279 g/mol. The normalized spacial score (nSPS) is 12.1. The number of rotatable bonds is 8. The molecule has 0 saturated heterocycles. The van der Waals surface area contributed by atoms with Gasteiger partial charge in [0.15, 0.2) is 0 Å². The van der Waals surface area contributed by atoms with E-state index in [9.17, 15) is 0 Å². The van der Waals surface area contributed by atoms with Crippen molar-refractivity contribution in [2.75, 3.05) is 6.54 Å². The quantitative estimate of drug-likeness (QED) is 0.730. The van der Waals surface area contributed by atoms with Gasteiger partial charge in [0.2, 0.25) is 0 Å². The van der Waals surface area contributed by atoms with Crippen molar-refractivity contribution in [3.63, 3.8) is 0 Å². The van der Waals surface area contributed by atoms with Crippen molar-refractivity contribution in [3.05, 3.63) is 17.0 Å². The van der Waals surface area contributed by atoms with Gasteiger partial charge in [-0.1, -0.05) is 41.5 Å². The predicted octanol–water partition coefficient (Wildman–Crippen LogP) is 3.94. The average molecular weight is 279 g/mol. The number of aryl methyl sites for hydroxylation is 2. The lowest BCUT2D eigenvalue weighted by Gasteiger charge is -2.18. The second-order valence-corrected chi connectivity index (χ2v) is 6.79. The molecule has 1 aromatic rings. The molecule has 1 heterocycles. The Morgan fingerprint density at radius 3 is 2.30 bits per heavy atom. The highest BCUT2D eigenvalue weighted by Gasteiger charge is 2.17. The zero-order valence-corrected chi connectivity index (χ0v) is 14.3. The Bertz CT molecular complexity index is 399. The molecule has 0 amide bonds. The third-order valence-electron chi connectivity index (χ3n) is 3.72. The van der Waals surface area contributed by atoms with Crippen LogP contribution in [0.4, 0.5) is 0 Å². The van der Waals surface area contributed by atoms with Gasteiger partial charge in [-0.15, -0.1) is 0 Å². The number of nitrogens with one attached hydrogen (secondary N) is 1. The molecule has 0 aromatic carbocycles. The summed E-state index contributed by atoms with van der Waals surface area (Å²) in [6.07, 6.45) is 4.45. The molecular weight excluding hydrogens is 246 g/mol. The van der Waals surface area contributed by atoms with E-state index in [2.05, 4.69) is 51.5 Å². The Hall–Kier alpha value is -0.830. The molecule has 1 N–H and O–H groups in total. The third kappa shape index (κ3) is 4.93. The van der Waals surface area contributed by atoms with Crippen molar-refractivity contribution in [2.24, 2.45) is 5.41 Å². The van der Waals surface area contributed by atoms with Crippen molar-refractivity contribution in [3.8, 4) is 0 Å². The van der Waals surface area contributed by atoms with E-state index >= 15 is 0 Å². The van der Waals surface area contributed by atoms with Crippen LogP contribution in [-0.2, 0) is 25.9 Å². The molecule has 0 spiro atoms. The first kappa shape index (κ1) is 17.2. The van der Waals surface area contributed by atoms with Gasteiger partial charge in [-0.3, -0.25) is 4.68 Å². The summed E-state index contributed by atoms with van der Waals surface area (Å²) < 4.78 is 2.26. The first-order chi connectivity index (χ1) is 9.42. The average Bonchev–Trinajstić information content (AvgIpc) is 2.73. The summed E-state index contributed by atoms with van der Waals surface area (Å²) >= 11 is 0. The second kappa shape index (κ2) is 7.82. The van der Waals surface area contributed by atoms with Gasteiger partial charge in [-0.05, 0) is 37.6 Å². The Morgan fingerprint density at radius 2 is 1.80 bits per heavy atom. The van der Waals surface area contributed by atoms with E-state index in [1.807, 2.05) is 0 Å². The molecule has 3 nitrogen and oxygen atoms in total. The summed E-state index contributed by atoms with van der Waals surface area (Å²) in [5.41, 5.74) is 4.51. The van der Waals surface area contributed by atoms with Crippen LogP contribution in [0.2, 0.25) is 0 Å². The molecule has 0 radical (unpaired) electrons. The van der Waals surface area contributed by atoms with Crippen molar-refractivity contribution in [2.45, 2.75) is 80.3 Å². The third-order valence-corrected chi connectivity index (χ3v) is 3.72. The van der Waals surface area contributed by atoms with Crippen LogP contribution in [0, 0.1) is 5.41 Å². The molecule has 0 aliphatic heterocycles. The first-order valence-electron chi connectivity index (χ1n) is 8.21. The van der Waals surface area contributed by atoms with E-state index in [4.69, 9.17) is 5.10 Å². The fourth-order valence-corrected chi connectivity index (χ4v) is 2.49. The summed E-state index contributed by atoms with van der Waals surface area (Å²) in [5.74, 6) is 0. The molecular formula is C17H33N3. The number of nitrogens with zero attached hydrogens (tertiary/aromatic N) is 2. The Morgan fingerprint density at radius 1 is 1.10 bits per heavy atom. The van der Waals surface area contributed by atoms with Gasteiger partial charge >= 0.3 is 0 Å². The summed E-state index contributed by atoms with van der Waals surface area (Å²) in [4.78, 5) is 0. The topological polar surface area (TPSA) is 29.9 Å². The maximum absolute atomic E-state index is 4.86. The summed E-state index contributed by atoms with van der Waals surface area (Å²) in [6.45, 7) is 16.6. The zero-order chi connectivity index (χ0) is 15.2. The molecule has 1 rings (SSSR count). The van der Waals surface area contributed by atoms with Gasteiger partial charge in [-0.25, -0.2) is 0 Å². The smallest absolute Gasteiger partial charge is 0.0669 e.